The van der Waals surface area contributed by atoms with Gasteiger partial charge in [-0.3, -0.25) is 0 Å². The molecule has 2 heterocycles. The van der Waals surface area contributed by atoms with Gasteiger partial charge >= 0.3 is 6.03 Å². The highest BCUT2D eigenvalue weighted by atomic mass is 32.2. The van der Waals surface area contributed by atoms with Gasteiger partial charge in [-0.1, -0.05) is 0 Å². The zero-order valence-electron chi connectivity index (χ0n) is 12.6. The van der Waals surface area contributed by atoms with Gasteiger partial charge < -0.3 is 19.7 Å². The molecule has 6 heteroatoms. The van der Waals surface area contributed by atoms with Crippen LogP contribution in [0.3, 0.4) is 0 Å². The molecule has 2 amide bonds. The minimum absolute atomic E-state index is 0.0225. The number of nitrogens with zero attached hydrogens (tertiary/aromatic N) is 1. The van der Waals surface area contributed by atoms with Crippen molar-refractivity contribution in [2.24, 2.45) is 0 Å². The zero-order chi connectivity index (χ0) is 15.2. The van der Waals surface area contributed by atoms with Crippen molar-refractivity contribution >= 4 is 17.8 Å². The van der Waals surface area contributed by atoms with E-state index in [4.69, 9.17) is 4.42 Å². The molecule has 2 rings (SSSR count). The fourth-order valence-corrected chi connectivity index (χ4v) is 3.37. The Labute approximate surface area is 130 Å². The Morgan fingerprint density at radius 3 is 3.14 bits per heavy atom. The van der Waals surface area contributed by atoms with Crippen molar-refractivity contribution in [3.63, 3.8) is 0 Å². The van der Waals surface area contributed by atoms with Crippen molar-refractivity contribution in [3.8, 4) is 0 Å². The number of carbonyl (C=O) groups excluding carboxylic acids is 1. The summed E-state index contributed by atoms with van der Waals surface area (Å²) < 4.78 is 5.23. The van der Waals surface area contributed by atoms with E-state index >= 15 is 0 Å². The lowest BCUT2D eigenvalue weighted by atomic mass is 10.1. The van der Waals surface area contributed by atoms with Gasteiger partial charge in [0.1, 0.15) is 11.9 Å². The van der Waals surface area contributed by atoms with E-state index < -0.39 is 6.10 Å². The molecule has 21 heavy (non-hydrogen) atoms. The maximum Gasteiger partial charge on any atom is 0.317 e. The Kier molecular flexibility index (Phi) is 5.99. The van der Waals surface area contributed by atoms with Crippen LogP contribution in [-0.4, -0.2) is 46.7 Å². The molecule has 1 aliphatic rings. The van der Waals surface area contributed by atoms with E-state index in [0.717, 1.165) is 25.1 Å². The lowest BCUT2D eigenvalue weighted by Crippen LogP contribution is -2.47. The van der Waals surface area contributed by atoms with Gasteiger partial charge in [0.2, 0.25) is 0 Å². The lowest BCUT2D eigenvalue weighted by molar-refractivity contribution is 0.107. The number of hydrogen-bond donors (Lipinski definition) is 2. The van der Waals surface area contributed by atoms with E-state index in [9.17, 15) is 9.90 Å². The van der Waals surface area contributed by atoms with Crippen LogP contribution in [0.2, 0.25) is 0 Å². The average molecular weight is 312 g/mol. The second-order valence-corrected chi connectivity index (χ2v) is 6.47. The number of hydrogen-bond acceptors (Lipinski definition) is 4. The third-order valence-corrected chi connectivity index (χ3v) is 4.62. The molecule has 0 saturated carbocycles. The fraction of sp³-hybridized carbons (Fsp3) is 0.667. The van der Waals surface area contributed by atoms with Crippen molar-refractivity contribution < 1.29 is 14.3 Å². The molecular weight excluding hydrogens is 288 g/mol. The molecule has 3 unspecified atom stereocenters. The number of aliphatic hydroxyl groups is 1. The van der Waals surface area contributed by atoms with Crippen LogP contribution in [0, 0.1) is 0 Å². The van der Waals surface area contributed by atoms with Gasteiger partial charge in [-0.25, -0.2) is 4.79 Å². The normalized spacial score (nSPS) is 21.3. The largest absolute Gasteiger partial charge is 0.467 e. The maximum absolute atomic E-state index is 12.3. The van der Waals surface area contributed by atoms with Gasteiger partial charge in [0.25, 0.3) is 0 Å². The number of nitrogens with one attached hydrogen (secondary N) is 1. The molecule has 0 bridgehead atoms. The van der Waals surface area contributed by atoms with E-state index in [-0.39, 0.29) is 18.1 Å². The summed E-state index contributed by atoms with van der Waals surface area (Å²) in [5, 5.41) is 13.2. The fourth-order valence-electron chi connectivity index (χ4n) is 2.79. The third kappa shape index (κ3) is 4.41. The third-order valence-electron chi connectivity index (χ3n) is 3.79. The molecule has 0 radical (unpaired) electrons. The maximum atomic E-state index is 12.3. The number of thioether (sulfide) groups is 1. The molecule has 3 atom stereocenters. The van der Waals surface area contributed by atoms with Gasteiger partial charge in [0.05, 0.1) is 6.26 Å². The quantitative estimate of drug-likeness (QED) is 0.847. The van der Waals surface area contributed by atoms with Crippen molar-refractivity contribution in [2.45, 2.75) is 44.4 Å². The predicted octanol–water partition coefficient (Wildman–Crippen LogP) is 2.63. The minimum Gasteiger partial charge on any atom is -0.467 e. The van der Waals surface area contributed by atoms with Gasteiger partial charge in [-0.05, 0) is 38.2 Å². The summed E-state index contributed by atoms with van der Waals surface area (Å²) in [6, 6.07) is 3.74. The highest BCUT2D eigenvalue weighted by molar-refractivity contribution is 7.98. The molecule has 1 aromatic heterocycles. The Bertz CT molecular complexity index is 438. The SMILES string of the molecule is CSCC(C)NC(=O)N1CCCC1CC(O)c1ccco1. The summed E-state index contributed by atoms with van der Waals surface area (Å²) in [7, 11) is 0. The van der Waals surface area contributed by atoms with Gasteiger partial charge in [0, 0.05) is 30.8 Å². The molecular formula is C15H24N2O3S. The molecule has 0 aromatic carbocycles. The summed E-state index contributed by atoms with van der Waals surface area (Å²) in [6.07, 6.45) is 5.38. The number of furan rings is 1. The molecule has 118 valence electrons. The van der Waals surface area contributed by atoms with Gasteiger partial charge in [-0.15, -0.1) is 0 Å². The number of urea groups is 1. The predicted molar refractivity (Wildman–Crippen MR) is 84.4 cm³/mol. The minimum atomic E-state index is -0.651. The first-order chi connectivity index (χ1) is 10.1. The summed E-state index contributed by atoms with van der Waals surface area (Å²) in [4.78, 5) is 14.2. The molecule has 5 nitrogen and oxygen atoms in total. The summed E-state index contributed by atoms with van der Waals surface area (Å²) in [5.74, 6) is 1.47. The Morgan fingerprint density at radius 2 is 2.48 bits per heavy atom. The molecule has 1 aliphatic heterocycles. The van der Waals surface area contributed by atoms with E-state index in [1.807, 2.05) is 18.1 Å². The average Bonchev–Trinajstić information content (AvgIpc) is 3.09. The molecule has 0 aliphatic carbocycles. The van der Waals surface area contributed by atoms with Crippen LogP contribution in [0.4, 0.5) is 4.79 Å². The van der Waals surface area contributed by atoms with E-state index in [1.54, 1.807) is 30.2 Å². The number of amides is 2. The zero-order valence-corrected chi connectivity index (χ0v) is 13.4. The first-order valence-corrected chi connectivity index (χ1v) is 8.78. The van der Waals surface area contributed by atoms with Gasteiger partial charge in [0.15, 0.2) is 0 Å². The monoisotopic (exact) mass is 312 g/mol. The molecule has 1 saturated heterocycles. The number of aliphatic hydroxyl groups excluding tert-OH is 1. The van der Waals surface area contributed by atoms with Crippen molar-refractivity contribution in [3.05, 3.63) is 24.2 Å². The van der Waals surface area contributed by atoms with Crippen LogP contribution in [-0.2, 0) is 0 Å². The standard InChI is InChI=1S/C15H24N2O3S/c1-11(10-21-2)16-15(19)17-7-3-5-12(17)9-13(18)14-6-4-8-20-14/h4,6,8,11-13,18H,3,5,7,9-10H2,1-2H3,(H,16,19). The van der Waals surface area contributed by atoms with Crippen molar-refractivity contribution in [1.29, 1.82) is 0 Å². The summed E-state index contributed by atoms with van der Waals surface area (Å²) >= 11 is 1.72. The number of likely N-dealkylation sites (tertiary alicyclic amines) is 1. The molecule has 1 fully saturated rings. The topological polar surface area (TPSA) is 65.7 Å². The highest BCUT2D eigenvalue weighted by Gasteiger charge is 2.31. The van der Waals surface area contributed by atoms with Crippen LogP contribution in [0.25, 0.3) is 0 Å². The first kappa shape index (κ1) is 16.2. The van der Waals surface area contributed by atoms with E-state index in [0.29, 0.717) is 12.2 Å². The first-order valence-electron chi connectivity index (χ1n) is 7.39. The molecule has 0 spiro atoms. The van der Waals surface area contributed by atoms with Crippen molar-refractivity contribution in [2.75, 3.05) is 18.6 Å². The summed E-state index contributed by atoms with van der Waals surface area (Å²) in [6.45, 7) is 2.77. The number of carbonyl (C=O) groups is 1. The van der Waals surface area contributed by atoms with E-state index in [1.165, 1.54) is 0 Å². The summed E-state index contributed by atoms with van der Waals surface area (Å²) in [5.41, 5.74) is 0. The van der Waals surface area contributed by atoms with Crippen LogP contribution >= 0.6 is 11.8 Å². The second kappa shape index (κ2) is 7.75. The smallest absolute Gasteiger partial charge is 0.317 e. The van der Waals surface area contributed by atoms with Crippen LogP contribution in [0.1, 0.15) is 38.1 Å². The van der Waals surface area contributed by atoms with Crippen LogP contribution in [0.5, 0.6) is 0 Å². The lowest BCUT2D eigenvalue weighted by Gasteiger charge is -2.27. The number of rotatable bonds is 6. The molecule has 2 N–H and O–H groups in total. The van der Waals surface area contributed by atoms with E-state index in [2.05, 4.69) is 5.32 Å². The second-order valence-electron chi connectivity index (χ2n) is 5.56. The van der Waals surface area contributed by atoms with Crippen LogP contribution < -0.4 is 5.32 Å². The Hall–Kier alpha value is -1.14. The molecule has 1 aromatic rings. The highest BCUT2D eigenvalue weighted by Crippen LogP contribution is 2.27. The van der Waals surface area contributed by atoms with Crippen LogP contribution in [0.15, 0.2) is 22.8 Å². The van der Waals surface area contributed by atoms with Crippen molar-refractivity contribution in [1.82, 2.24) is 10.2 Å². The van der Waals surface area contributed by atoms with Gasteiger partial charge in [-0.2, -0.15) is 11.8 Å². The Balaban J connectivity index is 1.89. The Morgan fingerprint density at radius 1 is 1.67 bits per heavy atom.